The van der Waals surface area contributed by atoms with Crippen molar-refractivity contribution in [1.29, 1.82) is 0 Å². The molecule has 4 nitrogen and oxygen atoms in total. The van der Waals surface area contributed by atoms with Gasteiger partial charge in [-0.15, -0.1) is 11.6 Å². The van der Waals surface area contributed by atoms with Crippen LogP contribution in [-0.2, 0) is 17.6 Å². The Hall–Kier alpha value is -2.25. The topological polar surface area (TPSA) is 32.8 Å². The van der Waals surface area contributed by atoms with Crippen LogP contribution in [0.2, 0.25) is 0 Å². The summed E-state index contributed by atoms with van der Waals surface area (Å²) in [4.78, 5) is 15.4. The van der Waals surface area contributed by atoms with Gasteiger partial charge in [-0.25, -0.2) is 0 Å². The Balaban J connectivity index is 1.51. The average molecular weight is 427 g/mol. The van der Waals surface area contributed by atoms with E-state index in [0.717, 1.165) is 50.3 Å². The van der Waals surface area contributed by atoms with Crippen molar-refractivity contribution in [3.05, 3.63) is 59.7 Å². The van der Waals surface area contributed by atoms with E-state index >= 15 is 0 Å². The average Bonchev–Trinajstić information content (AvgIpc) is 2.74. The maximum absolute atomic E-state index is 12.6. The number of halogens is 4. The smallest absolute Gasteiger partial charge is 0.416 e. The van der Waals surface area contributed by atoms with Gasteiger partial charge in [0.25, 0.3) is 0 Å². The summed E-state index contributed by atoms with van der Waals surface area (Å²) in [5, 5.41) is 0. The zero-order valence-corrected chi connectivity index (χ0v) is 16.5. The maximum Gasteiger partial charge on any atom is 0.416 e. The Labute approximate surface area is 172 Å². The molecular formula is C21H22ClF3N2O2. The first-order chi connectivity index (χ1) is 13.9. The van der Waals surface area contributed by atoms with Gasteiger partial charge >= 0.3 is 6.18 Å². The summed E-state index contributed by atoms with van der Waals surface area (Å²) >= 11 is 5.82. The molecule has 1 fully saturated rings. The number of carbonyl (C=O) groups excluding carboxylic acids is 1. The van der Waals surface area contributed by atoms with Crippen molar-refractivity contribution in [2.24, 2.45) is 0 Å². The first-order valence-corrected chi connectivity index (χ1v) is 9.83. The van der Waals surface area contributed by atoms with E-state index in [2.05, 4.69) is 9.80 Å². The van der Waals surface area contributed by atoms with Crippen LogP contribution < -0.4 is 9.64 Å². The van der Waals surface area contributed by atoms with E-state index in [1.165, 1.54) is 12.1 Å². The minimum atomic E-state index is -4.33. The van der Waals surface area contributed by atoms with Gasteiger partial charge in [0, 0.05) is 37.7 Å². The van der Waals surface area contributed by atoms with E-state index in [9.17, 15) is 18.0 Å². The Bertz CT molecular complexity index is 789. The summed E-state index contributed by atoms with van der Waals surface area (Å²) < 4.78 is 43.5. The Morgan fingerprint density at radius 2 is 1.62 bits per heavy atom. The summed E-state index contributed by atoms with van der Waals surface area (Å²) in [6.07, 6.45) is -3.44. The predicted octanol–water partition coefficient (Wildman–Crippen LogP) is 4.21. The molecule has 1 aliphatic rings. The first kappa shape index (κ1) is 21.5. The summed E-state index contributed by atoms with van der Waals surface area (Å²) in [6.45, 7) is 3.33. The molecule has 1 saturated heterocycles. The van der Waals surface area contributed by atoms with E-state index < -0.39 is 11.7 Å². The summed E-state index contributed by atoms with van der Waals surface area (Å²) in [5.74, 6) is 0.949. The van der Waals surface area contributed by atoms with Crippen LogP contribution >= 0.6 is 11.6 Å². The predicted molar refractivity (Wildman–Crippen MR) is 107 cm³/mol. The monoisotopic (exact) mass is 426 g/mol. The van der Waals surface area contributed by atoms with Gasteiger partial charge in [-0.05, 0) is 42.0 Å². The second-order valence-electron chi connectivity index (χ2n) is 6.86. The molecule has 0 saturated carbocycles. The normalized spacial score (nSPS) is 16.5. The number of ether oxygens (including phenoxy) is 1. The lowest BCUT2D eigenvalue weighted by Gasteiger charge is -2.38. The minimum Gasteiger partial charge on any atom is -0.489 e. The molecule has 0 N–H and O–H groups in total. The number of carbonyl (C=O) groups is 1. The first-order valence-electron chi connectivity index (χ1n) is 9.30. The van der Waals surface area contributed by atoms with Crippen LogP contribution in [0.4, 0.5) is 18.9 Å². The molecule has 0 aromatic heterocycles. The zero-order chi connectivity index (χ0) is 20.9. The van der Waals surface area contributed by atoms with Crippen molar-refractivity contribution in [1.82, 2.24) is 4.90 Å². The lowest BCUT2D eigenvalue weighted by Crippen LogP contribution is -2.51. The number of rotatable bonds is 7. The quantitative estimate of drug-likeness (QED) is 0.490. The number of benzene rings is 2. The van der Waals surface area contributed by atoms with Crippen LogP contribution in [0.3, 0.4) is 0 Å². The highest BCUT2D eigenvalue weighted by molar-refractivity contribution is 6.19. The van der Waals surface area contributed by atoms with Crippen molar-refractivity contribution in [3.8, 4) is 5.75 Å². The molecule has 3 rings (SSSR count). The molecule has 1 aliphatic heterocycles. The van der Waals surface area contributed by atoms with Crippen LogP contribution in [0.5, 0.6) is 5.75 Å². The highest BCUT2D eigenvalue weighted by Crippen LogP contribution is 2.29. The van der Waals surface area contributed by atoms with Gasteiger partial charge in [-0.1, -0.05) is 12.1 Å². The molecule has 8 heteroatoms. The highest BCUT2D eigenvalue weighted by Gasteiger charge is 2.30. The Morgan fingerprint density at radius 3 is 2.14 bits per heavy atom. The number of nitrogens with zero attached hydrogens (tertiary/aromatic N) is 2. The molecule has 1 atom stereocenters. The number of hydrogen-bond acceptors (Lipinski definition) is 4. The van der Waals surface area contributed by atoms with Gasteiger partial charge in [0.1, 0.15) is 18.6 Å². The lowest BCUT2D eigenvalue weighted by atomic mass is 10.1. The number of piperazine rings is 1. The van der Waals surface area contributed by atoms with E-state index in [4.69, 9.17) is 16.3 Å². The van der Waals surface area contributed by atoms with Gasteiger partial charge in [0.15, 0.2) is 0 Å². The molecule has 0 amide bonds. The van der Waals surface area contributed by atoms with Crippen molar-refractivity contribution in [2.45, 2.75) is 18.8 Å². The molecule has 29 heavy (non-hydrogen) atoms. The number of hydrogen-bond donors (Lipinski definition) is 0. The second-order valence-corrected chi connectivity index (χ2v) is 7.17. The number of aldehydes is 1. The SMILES string of the molecule is O=CC(CCl)N1CCN(c2ccc(OCc3ccc(C(F)(F)F)cc3)cc2)CC1. The van der Waals surface area contributed by atoms with Gasteiger partial charge < -0.3 is 14.4 Å². The number of anilines is 1. The molecule has 0 radical (unpaired) electrons. The maximum atomic E-state index is 12.6. The Morgan fingerprint density at radius 1 is 1.00 bits per heavy atom. The van der Waals surface area contributed by atoms with Crippen LogP contribution in [-0.4, -0.2) is 49.3 Å². The van der Waals surface area contributed by atoms with E-state index in [0.29, 0.717) is 17.2 Å². The third kappa shape index (κ3) is 5.64. The van der Waals surface area contributed by atoms with Crippen LogP contribution in [0, 0.1) is 0 Å². The molecule has 1 heterocycles. The molecule has 2 aromatic rings. The highest BCUT2D eigenvalue weighted by atomic mass is 35.5. The van der Waals surface area contributed by atoms with Gasteiger partial charge in [-0.3, -0.25) is 4.90 Å². The third-order valence-electron chi connectivity index (χ3n) is 4.99. The van der Waals surface area contributed by atoms with Crippen LogP contribution in [0.15, 0.2) is 48.5 Å². The second kappa shape index (κ2) is 9.50. The molecule has 156 valence electrons. The lowest BCUT2D eigenvalue weighted by molar-refractivity contribution is -0.137. The fourth-order valence-electron chi connectivity index (χ4n) is 3.24. The van der Waals surface area contributed by atoms with Crippen LogP contribution in [0.25, 0.3) is 0 Å². The van der Waals surface area contributed by atoms with Crippen molar-refractivity contribution in [2.75, 3.05) is 37.0 Å². The minimum absolute atomic E-state index is 0.196. The van der Waals surface area contributed by atoms with Crippen LogP contribution in [0.1, 0.15) is 11.1 Å². The van der Waals surface area contributed by atoms with E-state index in [1.54, 1.807) is 0 Å². The van der Waals surface area contributed by atoms with E-state index in [1.807, 2.05) is 24.3 Å². The molecule has 1 unspecified atom stereocenters. The molecule has 0 spiro atoms. The summed E-state index contributed by atoms with van der Waals surface area (Å²) in [5.41, 5.74) is 1.05. The summed E-state index contributed by atoms with van der Waals surface area (Å²) in [7, 11) is 0. The van der Waals surface area contributed by atoms with Gasteiger partial charge in [0.05, 0.1) is 11.6 Å². The van der Waals surface area contributed by atoms with Crippen molar-refractivity contribution in [3.63, 3.8) is 0 Å². The molecule has 0 bridgehead atoms. The zero-order valence-electron chi connectivity index (χ0n) is 15.7. The van der Waals surface area contributed by atoms with Gasteiger partial charge in [-0.2, -0.15) is 13.2 Å². The number of alkyl halides is 4. The van der Waals surface area contributed by atoms with Crippen molar-refractivity contribution < 1.29 is 22.7 Å². The Kier molecular flexibility index (Phi) is 7.03. The standard InChI is InChI=1S/C21H22ClF3N2O2/c22-13-19(14-28)27-11-9-26(10-12-27)18-5-7-20(8-6-18)29-15-16-1-3-17(4-2-16)21(23,24)25/h1-8,14,19H,9-13,15H2. The largest absolute Gasteiger partial charge is 0.489 e. The molecule has 2 aromatic carbocycles. The molecule has 0 aliphatic carbocycles. The van der Waals surface area contributed by atoms with Gasteiger partial charge in [0.2, 0.25) is 0 Å². The fourth-order valence-corrected chi connectivity index (χ4v) is 3.51. The summed E-state index contributed by atoms with van der Waals surface area (Å²) in [6, 6.07) is 12.3. The third-order valence-corrected chi connectivity index (χ3v) is 5.30. The van der Waals surface area contributed by atoms with Crippen molar-refractivity contribution >= 4 is 23.6 Å². The fraction of sp³-hybridized carbons (Fsp3) is 0.381. The molecular weight excluding hydrogens is 405 g/mol. The van der Waals surface area contributed by atoms with E-state index in [-0.39, 0.29) is 12.6 Å².